The van der Waals surface area contributed by atoms with E-state index in [1.54, 1.807) is 0 Å². The van der Waals surface area contributed by atoms with Crippen molar-refractivity contribution in [3.63, 3.8) is 0 Å². The van der Waals surface area contributed by atoms with Gasteiger partial charge in [-0.1, -0.05) is 65.5 Å². The first-order valence-corrected chi connectivity index (χ1v) is 17.6. The van der Waals surface area contributed by atoms with Crippen LogP contribution in [-0.4, -0.2) is 24.1 Å². The summed E-state index contributed by atoms with van der Waals surface area (Å²) < 4.78 is 124. The highest BCUT2D eigenvalue weighted by molar-refractivity contribution is 5.55. The number of hydrogen-bond donors (Lipinski definition) is 2. The van der Waals surface area contributed by atoms with Crippen LogP contribution in [0.5, 0.6) is 0 Å². The molecule has 0 aromatic heterocycles. The molecule has 3 nitrogen and oxygen atoms in total. The van der Waals surface area contributed by atoms with Crippen molar-refractivity contribution in [3.8, 4) is 0 Å². The molecule has 8 atom stereocenters. The molecule has 48 heavy (non-hydrogen) atoms. The predicted octanol–water partition coefficient (Wildman–Crippen LogP) is 11.2. The maximum absolute atomic E-state index is 15.0. The second-order valence-corrected chi connectivity index (χ2v) is 16.4. The molecule has 3 saturated carbocycles. The predicted molar refractivity (Wildman–Crippen MR) is 172 cm³/mol. The van der Waals surface area contributed by atoms with E-state index in [2.05, 4.69) is 39.4 Å². The summed E-state index contributed by atoms with van der Waals surface area (Å²) in [7, 11) is 0. The van der Waals surface area contributed by atoms with Gasteiger partial charge < -0.3 is 16.2 Å². The molecule has 0 aliphatic heterocycles. The van der Waals surface area contributed by atoms with Crippen molar-refractivity contribution in [3.05, 3.63) is 35.4 Å². The van der Waals surface area contributed by atoms with Crippen LogP contribution in [0.3, 0.4) is 0 Å². The molecule has 1 aromatic carbocycles. The lowest BCUT2D eigenvalue weighted by Gasteiger charge is -2.58. The number of fused-ring (bicyclic) bond motifs is 5. The van der Waals surface area contributed by atoms with E-state index in [1.807, 2.05) is 6.08 Å². The van der Waals surface area contributed by atoms with Crippen LogP contribution in [0.2, 0.25) is 0 Å². The van der Waals surface area contributed by atoms with E-state index >= 15 is 8.78 Å². The standard InChI is InChI=1S/C37H52F8N2O/c1-21(2)7-6-8-22(3)29-11-12-30-28-10-9-23-19-27(13-15-32(23,4)31(28)14-16-33(29,30)5)48-37(44,45)36(42,43)35(40,41)34(38,39)24-17-25(46)20-26(47)18-24/h9,17-18,20-22,27-31H,6-8,10-16,19,46-47H2,1-5H3/t22-,27?,28?,29-,30?,31?,32+,33-/m1/s1. The molecule has 11 heteroatoms. The Labute approximate surface area is 279 Å². The van der Waals surface area contributed by atoms with Crippen molar-refractivity contribution >= 4 is 11.4 Å². The molecule has 1 aromatic rings. The molecule has 0 radical (unpaired) electrons. The van der Waals surface area contributed by atoms with Gasteiger partial charge in [-0.3, -0.25) is 0 Å². The Bertz CT molecular complexity index is 1340. The van der Waals surface area contributed by atoms with Crippen molar-refractivity contribution in [2.45, 2.75) is 135 Å². The summed E-state index contributed by atoms with van der Waals surface area (Å²) in [5.41, 5.74) is 8.71. The molecule has 4 N–H and O–H groups in total. The first-order valence-electron chi connectivity index (χ1n) is 17.6. The van der Waals surface area contributed by atoms with Gasteiger partial charge in [0.15, 0.2) is 0 Å². The third-order valence-corrected chi connectivity index (χ3v) is 13.1. The quantitative estimate of drug-likeness (QED) is 0.138. The number of anilines is 2. The summed E-state index contributed by atoms with van der Waals surface area (Å²) in [5, 5.41) is 0. The van der Waals surface area contributed by atoms with Crippen LogP contribution in [0.25, 0.3) is 0 Å². The average Bonchev–Trinajstić information content (AvgIpc) is 3.33. The van der Waals surface area contributed by atoms with Gasteiger partial charge in [0, 0.05) is 16.9 Å². The Morgan fingerprint density at radius 3 is 2.08 bits per heavy atom. The molecular weight excluding hydrogens is 640 g/mol. The molecule has 272 valence electrons. The van der Waals surface area contributed by atoms with Crippen LogP contribution < -0.4 is 11.5 Å². The van der Waals surface area contributed by atoms with Crippen molar-refractivity contribution in [2.75, 3.05) is 11.5 Å². The number of nitrogen functional groups attached to an aromatic ring is 2. The highest BCUT2D eigenvalue weighted by Gasteiger charge is 2.82. The van der Waals surface area contributed by atoms with Crippen molar-refractivity contribution in [1.29, 1.82) is 0 Å². The maximum Gasteiger partial charge on any atom is 0.426 e. The molecule has 0 bridgehead atoms. The largest absolute Gasteiger partial charge is 0.426 e. The first-order chi connectivity index (χ1) is 22.1. The number of alkyl halides is 8. The molecule has 3 fully saturated rings. The zero-order valence-corrected chi connectivity index (χ0v) is 28.7. The maximum atomic E-state index is 15.0. The van der Waals surface area contributed by atoms with E-state index < -0.39 is 46.9 Å². The van der Waals surface area contributed by atoms with Crippen molar-refractivity contribution in [2.24, 2.45) is 46.3 Å². The number of halogens is 8. The van der Waals surface area contributed by atoms with E-state index in [-0.39, 0.29) is 23.7 Å². The van der Waals surface area contributed by atoms with Gasteiger partial charge in [-0.2, -0.15) is 35.1 Å². The van der Waals surface area contributed by atoms with Gasteiger partial charge in [0.1, 0.15) is 0 Å². The number of nitrogens with two attached hydrogens (primary N) is 2. The molecule has 4 aliphatic rings. The Morgan fingerprint density at radius 1 is 0.812 bits per heavy atom. The zero-order valence-electron chi connectivity index (χ0n) is 28.7. The molecule has 0 heterocycles. The summed E-state index contributed by atoms with van der Waals surface area (Å²) in [6.07, 6.45) is 3.61. The van der Waals surface area contributed by atoms with E-state index in [4.69, 9.17) is 11.5 Å². The van der Waals surface area contributed by atoms with Crippen molar-refractivity contribution < 1.29 is 39.9 Å². The Balaban J connectivity index is 1.29. The minimum atomic E-state index is -6.56. The van der Waals surface area contributed by atoms with Crippen LogP contribution in [0, 0.1) is 46.3 Å². The van der Waals surface area contributed by atoms with Crippen LogP contribution in [0.1, 0.15) is 111 Å². The first kappa shape index (κ1) is 37.2. The number of benzene rings is 1. The van der Waals surface area contributed by atoms with Crippen LogP contribution >= 0.6 is 0 Å². The molecule has 5 rings (SSSR count). The lowest BCUT2D eigenvalue weighted by molar-refractivity contribution is -0.437. The van der Waals surface area contributed by atoms with Gasteiger partial charge in [-0.05, 0) is 116 Å². The highest BCUT2D eigenvalue weighted by atomic mass is 19.4. The summed E-state index contributed by atoms with van der Waals surface area (Å²) in [6, 6.07) is 1.55. The third kappa shape index (κ3) is 6.03. The molecule has 4 unspecified atom stereocenters. The average molecular weight is 693 g/mol. The number of hydrogen-bond acceptors (Lipinski definition) is 3. The normalized spacial score (nSPS) is 33.5. The summed E-state index contributed by atoms with van der Waals surface area (Å²) in [4.78, 5) is 0. The van der Waals surface area contributed by atoms with Gasteiger partial charge in [0.05, 0.1) is 6.10 Å². The summed E-state index contributed by atoms with van der Waals surface area (Å²) >= 11 is 0. The topological polar surface area (TPSA) is 61.3 Å². The summed E-state index contributed by atoms with van der Waals surface area (Å²) in [5.74, 6) is -15.6. The Kier molecular flexibility index (Phi) is 9.79. The minimum absolute atomic E-state index is 0.0755. The molecule has 0 saturated heterocycles. The number of allylic oxidation sites excluding steroid dienone is 1. The second-order valence-electron chi connectivity index (χ2n) is 16.4. The minimum Gasteiger partial charge on any atom is -0.399 e. The monoisotopic (exact) mass is 692 g/mol. The highest BCUT2D eigenvalue weighted by Crippen LogP contribution is 2.68. The second kappa shape index (κ2) is 12.6. The molecular formula is C37H52F8N2O. The van der Waals surface area contributed by atoms with Crippen LogP contribution in [0.15, 0.2) is 29.8 Å². The molecule has 4 aliphatic carbocycles. The van der Waals surface area contributed by atoms with Crippen molar-refractivity contribution in [1.82, 2.24) is 0 Å². The van der Waals surface area contributed by atoms with Gasteiger partial charge in [-0.15, -0.1) is 0 Å². The Morgan fingerprint density at radius 2 is 1.46 bits per heavy atom. The fraction of sp³-hybridized carbons (Fsp3) is 0.784. The number of rotatable bonds is 11. The van der Waals surface area contributed by atoms with Crippen LogP contribution in [0.4, 0.5) is 46.5 Å². The fourth-order valence-corrected chi connectivity index (χ4v) is 10.5. The number of ether oxygens (including phenoxy) is 1. The van der Waals surface area contributed by atoms with Crippen LogP contribution in [-0.2, 0) is 10.7 Å². The van der Waals surface area contributed by atoms with E-state index in [0.717, 1.165) is 37.3 Å². The summed E-state index contributed by atoms with van der Waals surface area (Å²) in [6.45, 7) is 11.5. The lowest BCUT2D eigenvalue weighted by Crippen LogP contribution is -2.62. The lowest BCUT2D eigenvalue weighted by atomic mass is 9.47. The SMILES string of the molecule is CC(C)CCC[C@@H](C)[C@H]1CCC2C3CC=C4CC(OC(F)(F)C(F)(F)C(F)(F)C(F)(F)c5cc(N)cc(N)c5)CC[C@]4(C)C3CC[C@@]21C. The molecule has 0 amide bonds. The third-order valence-electron chi connectivity index (χ3n) is 13.1. The van der Waals surface area contributed by atoms with Gasteiger partial charge in [0.25, 0.3) is 0 Å². The smallest absolute Gasteiger partial charge is 0.399 e. The fourth-order valence-electron chi connectivity index (χ4n) is 10.5. The van der Waals surface area contributed by atoms with E-state index in [9.17, 15) is 26.3 Å². The Hall–Kier alpha value is -2.04. The van der Waals surface area contributed by atoms with E-state index in [1.165, 1.54) is 25.7 Å². The van der Waals surface area contributed by atoms with Gasteiger partial charge in [0.2, 0.25) is 0 Å². The molecule has 0 spiro atoms. The van der Waals surface area contributed by atoms with E-state index in [0.29, 0.717) is 54.1 Å². The van der Waals surface area contributed by atoms with Gasteiger partial charge in [-0.25, -0.2) is 0 Å². The van der Waals surface area contributed by atoms with Gasteiger partial charge >= 0.3 is 23.9 Å². The zero-order chi connectivity index (χ0) is 35.7.